The fourth-order valence-electron chi connectivity index (χ4n) is 3.02. The number of aromatic nitrogens is 7. The zero-order chi connectivity index (χ0) is 17.8. The van der Waals surface area contributed by atoms with Crippen molar-refractivity contribution in [2.45, 2.75) is 6.92 Å². The summed E-state index contributed by atoms with van der Waals surface area (Å²) in [5, 5.41) is 13.4. The molecule has 0 bridgehead atoms. The van der Waals surface area contributed by atoms with E-state index < -0.39 is 0 Å². The Bertz CT molecular complexity index is 1280. The lowest BCUT2D eigenvalue weighted by molar-refractivity contribution is 0.665. The minimum absolute atomic E-state index is 0.828. The van der Waals surface area contributed by atoms with Crippen LogP contribution in [0.1, 0.15) is 5.69 Å². The molecule has 1 aromatic carbocycles. The summed E-state index contributed by atoms with van der Waals surface area (Å²) >= 11 is 3.83. The normalized spacial score (nSPS) is 11.7. The predicted octanol–water partition coefficient (Wildman–Crippen LogP) is 3.71. The Labute approximate surface area is 165 Å². The molecule has 0 radical (unpaired) electrons. The highest BCUT2D eigenvalue weighted by molar-refractivity contribution is 14.1. The number of nitrogens with zero attached hydrogens (tertiary/aromatic N) is 7. The summed E-state index contributed by atoms with van der Waals surface area (Å²) in [6, 6.07) is 10.0. The number of hydrogen-bond acceptors (Lipinski definition) is 6. The van der Waals surface area contributed by atoms with Crippen molar-refractivity contribution in [1.82, 2.24) is 34.6 Å². The number of benzene rings is 1. The Kier molecular flexibility index (Phi) is 3.54. The molecule has 0 saturated carbocycles. The number of hydrogen-bond donors (Lipinski definition) is 0. The van der Waals surface area contributed by atoms with Gasteiger partial charge >= 0.3 is 0 Å². The number of imidazole rings is 1. The topological polar surface area (TPSA) is 73.8 Å². The average Bonchev–Trinajstić information content (AvgIpc) is 3.29. The fourth-order valence-corrected chi connectivity index (χ4v) is 4.46. The Morgan fingerprint density at radius 2 is 1.96 bits per heavy atom. The minimum atomic E-state index is 0.828. The summed E-state index contributed by atoms with van der Waals surface area (Å²) in [4.78, 5) is 11.9. The maximum absolute atomic E-state index is 4.80. The van der Waals surface area contributed by atoms with E-state index >= 15 is 0 Å². The lowest BCUT2D eigenvalue weighted by Gasteiger charge is -2.07. The maximum atomic E-state index is 4.80. The number of pyridine rings is 1. The third-order valence-electron chi connectivity index (χ3n) is 4.12. The second-order valence-corrected chi connectivity index (χ2v) is 7.78. The molecule has 0 atom stereocenters. The zero-order valence-corrected chi connectivity index (χ0v) is 16.9. The van der Waals surface area contributed by atoms with Crippen LogP contribution >= 0.6 is 33.9 Å². The highest BCUT2D eigenvalue weighted by atomic mass is 127. The number of halogens is 1. The van der Waals surface area contributed by atoms with Gasteiger partial charge in [-0.15, -0.1) is 0 Å². The Morgan fingerprint density at radius 1 is 1.08 bits per heavy atom. The predicted molar refractivity (Wildman–Crippen MR) is 109 cm³/mol. The van der Waals surface area contributed by atoms with E-state index in [1.165, 1.54) is 11.3 Å². The Morgan fingerprint density at radius 3 is 2.81 bits per heavy atom. The molecule has 0 aliphatic carbocycles. The van der Waals surface area contributed by atoms with Crippen LogP contribution < -0.4 is 0 Å². The van der Waals surface area contributed by atoms with Crippen molar-refractivity contribution < 1.29 is 0 Å². The first-order valence-corrected chi connectivity index (χ1v) is 9.84. The molecule has 7 nitrogen and oxygen atoms in total. The largest absolute Gasteiger partial charge is 0.251 e. The van der Waals surface area contributed by atoms with Gasteiger partial charge in [0.1, 0.15) is 27.9 Å². The molecule has 128 valence electrons. The summed E-state index contributed by atoms with van der Waals surface area (Å²) in [5.74, 6) is 0. The zero-order valence-electron chi connectivity index (χ0n) is 13.9. The first kappa shape index (κ1) is 15.8. The van der Waals surface area contributed by atoms with E-state index in [1.807, 2.05) is 42.8 Å². The van der Waals surface area contributed by atoms with Gasteiger partial charge < -0.3 is 0 Å². The van der Waals surface area contributed by atoms with E-state index in [4.69, 9.17) is 4.98 Å². The number of aryl methyl sites for hydroxylation is 2. The van der Waals surface area contributed by atoms with Crippen molar-refractivity contribution in [1.29, 1.82) is 0 Å². The van der Waals surface area contributed by atoms with Gasteiger partial charge in [0.15, 0.2) is 0 Å². The molecule has 0 aliphatic rings. The van der Waals surface area contributed by atoms with Gasteiger partial charge in [-0.05, 0) is 53.8 Å². The van der Waals surface area contributed by atoms with Gasteiger partial charge in [-0.25, -0.2) is 9.50 Å². The van der Waals surface area contributed by atoms with Crippen LogP contribution in [0.2, 0.25) is 0 Å². The molecule has 0 spiro atoms. The maximum Gasteiger partial charge on any atom is 0.213 e. The van der Waals surface area contributed by atoms with Crippen molar-refractivity contribution in [2.75, 3.05) is 0 Å². The molecule has 5 aromatic rings. The van der Waals surface area contributed by atoms with E-state index in [1.54, 1.807) is 10.3 Å². The Hall–Kier alpha value is -2.40. The molecular weight excluding hydrogens is 461 g/mol. The van der Waals surface area contributed by atoms with E-state index in [0.29, 0.717) is 0 Å². The molecule has 0 saturated heterocycles. The minimum Gasteiger partial charge on any atom is -0.251 e. The molecule has 0 unspecified atom stereocenters. The summed E-state index contributed by atoms with van der Waals surface area (Å²) in [7, 11) is 1.83. The van der Waals surface area contributed by atoms with E-state index in [-0.39, 0.29) is 0 Å². The van der Waals surface area contributed by atoms with Gasteiger partial charge in [0, 0.05) is 18.3 Å². The highest BCUT2D eigenvalue weighted by Gasteiger charge is 2.22. The van der Waals surface area contributed by atoms with Crippen LogP contribution in [0.5, 0.6) is 0 Å². The molecule has 5 rings (SSSR count). The quantitative estimate of drug-likeness (QED) is 0.366. The first-order valence-electron chi connectivity index (χ1n) is 7.88. The van der Waals surface area contributed by atoms with Crippen LogP contribution in [0.25, 0.3) is 38.6 Å². The van der Waals surface area contributed by atoms with Crippen molar-refractivity contribution in [2.24, 2.45) is 7.05 Å². The molecule has 0 N–H and O–H groups in total. The summed E-state index contributed by atoms with van der Waals surface area (Å²) in [6.07, 6.45) is 0. The Balaban J connectivity index is 1.85. The monoisotopic (exact) mass is 473 g/mol. The van der Waals surface area contributed by atoms with Crippen LogP contribution in [0, 0.1) is 10.5 Å². The van der Waals surface area contributed by atoms with Gasteiger partial charge in [0.2, 0.25) is 4.96 Å². The van der Waals surface area contributed by atoms with Gasteiger partial charge in [-0.1, -0.05) is 17.4 Å². The standard InChI is InChI=1S/C17H12IN7S/c1-9-4-3-5-11(20-9)15-16(25-17(21-15)26-8-19-25)10-6-7-12-14(13(10)18)23-24(2)22-12/h3-8H,1-2H3. The SMILES string of the molecule is Cc1cccc(-c2nc3scnn3c2-c2ccc3nn(C)nc3c2I)n1. The first-order chi connectivity index (χ1) is 12.6. The van der Waals surface area contributed by atoms with Crippen molar-refractivity contribution in [3.8, 4) is 22.6 Å². The van der Waals surface area contributed by atoms with Crippen LogP contribution in [-0.2, 0) is 7.05 Å². The van der Waals surface area contributed by atoms with E-state index in [0.717, 1.165) is 47.9 Å². The lowest BCUT2D eigenvalue weighted by atomic mass is 10.1. The summed E-state index contributed by atoms with van der Waals surface area (Å²) < 4.78 is 2.90. The third kappa shape index (κ3) is 2.34. The third-order valence-corrected chi connectivity index (χ3v) is 5.89. The second-order valence-electron chi connectivity index (χ2n) is 5.89. The lowest BCUT2D eigenvalue weighted by Crippen LogP contribution is -1.95. The van der Waals surface area contributed by atoms with Crippen LogP contribution in [-0.4, -0.2) is 34.6 Å². The summed E-state index contributed by atoms with van der Waals surface area (Å²) in [6.45, 7) is 1.98. The van der Waals surface area contributed by atoms with Crippen LogP contribution in [0.3, 0.4) is 0 Å². The van der Waals surface area contributed by atoms with Crippen molar-refractivity contribution in [3.05, 3.63) is 45.1 Å². The van der Waals surface area contributed by atoms with Crippen molar-refractivity contribution in [3.63, 3.8) is 0 Å². The summed E-state index contributed by atoms with van der Waals surface area (Å²) in [5.41, 5.74) is 8.12. The molecule has 26 heavy (non-hydrogen) atoms. The molecule has 0 fully saturated rings. The molecule has 0 aliphatic heterocycles. The van der Waals surface area contributed by atoms with E-state index in [9.17, 15) is 0 Å². The van der Waals surface area contributed by atoms with Crippen molar-refractivity contribution >= 4 is 49.9 Å². The number of fused-ring (bicyclic) bond motifs is 2. The molecule has 9 heteroatoms. The second kappa shape index (κ2) is 5.81. The van der Waals surface area contributed by atoms with Gasteiger partial charge in [-0.2, -0.15) is 20.1 Å². The van der Waals surface area contributed by atoms with Gasteiger partial charge in [-0.3, -0.25) is 4.98 Å². The van der Waals surface area contributed by atoms with Crippen LogP contribution in [0.4, 0.5) is 0 Å². The molecule has 4 heterocycles. The smallest absolute Gasteiger partial charge is 0.213 e. The molecule has 0 amide bonds. The average molecular weight is 473 g/mol. The number of rotatable bonds is 2. The highest BCUT2D eigenvalue weighted by Crippen LogP contribution is 2.37. The van der Waals surface area contributed by atoms with Gasteiger partial charge in [0.25, 0.3) is 0 Å². The van der Waals surface area contributed by atoms with E-state index in [2.05, 4.69) is 48.9 Å². The van der Waals surface area contributed by atoms with Gasteiger partial charge in [0.05, 0.1) is 9.26 Å². The molecule has 4 aromatic heterocycles. The molecular formula is C17H12IN7S. The van der Waals surface area contributed by atoms with Crippen LogP contribution in [0.15, 0.2) is 35.8 Å². The fraction of sp³-hybridized carbons (Fsp3) is 0.118.